The second-order valence-electron chi connectivity index (χ2n) is 2.54. The third-order valence-electron chi connectivity index (χ3n) is 1.27. The van der Waals surface area contributed by atoms with E-state index in [0.29, 0.717) is 6.04 Å². The molecule has 0 atom stereocenters. The van der Waals surface area contributed by atoms with Gasteiger partial charge in [0.05, 0.1) is 12.4 Å². The maximum atomic E-state index is 4.27. The number of nitrogens with one attached hydrogen (secondary N) is 1. The third-order valence-corrected chi connectivity index (χ3v) is 1.27. The van der Waals surface area contributed by atoms with Crippen LogP contribution in [0.1, 0.15) is 0 Å². The van der Waals surface area contributed by atoms with E-state index in [9.17, 15) is 0 Å². The Balaban J connectivity index is 2.14. The molecule has 1 N–H and O–H groups in total. The first-order valence-corrected chi connectivity index (χ1v) is 3.19. The molecule has 1 rings (SSSR count). The maximum Gasteiger partial charge on any atom is 0.0849 e. The standard InChI is InChI=1S/C6H13N3/c1-9(2)5-8-6-3-7-4-6/h5-7H,3-4H2,1-2H3. The Bertz CT molecular complexity index is 105. The van der Waals surface area contributed by atoms with Crippen molar-refractivity contribution in [2.24, 2.45) is 4.99 Å². The van der Waals surface area contributed by atoms with Crippen molar-refractivity contribution in [3.8, 4) is 0 Å². The van der Waals surface area contributed by atoms with Gasteiger partial charge in [-0.3, -0.25) is 4.99 Å². The molecule has 1 heterocycles. The van der Waals surface area contributed by atoms with Crippen LogP contribution in [0.2, 0.25) is 0 Å². The molecule has 9 heavy (non-hydrogen) atoms. The molecule has 1 saturated heterocycles. The largest absolute Gasteiger partial charge is 0.369 e. The summed E-state index contributed by atoms with van der Waals surface area (Å²) in [5, 5.41) is 3.15. The van der Waals surface area contributed by atoms with Gasteiger partial charge in [0.15, 0.2) is 0 Å². The summed E-state index contributed by atoms with van der Waals surface area (Å²) >= 11 is 0. The zero-order chi connectivity index (χ0) is 6.69. The van der Waals surface area contributed by atoms with E-state index in [1.54, 1.807) is 0 Å². The molecule has 1 aliphatic heterocycles. The van der Waals surface area contributed by atoms with Crippen molar-refractivity contribution in [1.29, 1.82) is 0 Å². The van der Waals surface area contributed by atoms with Gasteiger partial charge in [-0.15, -0.1) is 0 Å². The average molecular weight is 127 g/mol. The normalized spacial score (nSPS) is 20.2. The van der Waals surface area contributed by atoms with Gasteiger partial charge >= 0.3 is 0 Å². The molecule has 3 heteroatoms. The van der Waals surface area contributed by atoms with Gasteiger partial charge in [-0.25, -0.2) is 0 Å². The molecule has 0 aliphatic carbocycles. The molecule has 0 aromatic carbocycles. The molecule has 0 aromatic rings. The van der Waals surface area contributed by atoms with E-state index in [-0.39, 0.29) is 0 Å². The van der Waals surface area contributed by atoms with Crippen LogP contribution in [-0.4, -0.2) is 44.5 Å². The third kappa shape index (κ3) is 2.01. The van der Waals surface area contributed by atoms with Crippen molar-refractivity contribution in [2.45, 2.75) is 6.04 Å². The van der Waals surface area contributed by atoms with Gasteiger partial charge in [-0.1, -0.05) is 0 Å². The van der Waals surface area contributed by atoms with Crippen LogP contribution in [0.4, 0.5) is 0 Å². The molecule has 0 aromatic heterocycles. The Hall–Kier alpha value is -0.570. The lowest BCUT2D eigenvalue weighted by atomic mass is 10.2. The maximum absolute atomic E-state index is 4.27. The van der Waals surface area contributed by atoms with E-state index in [0.717, 1.165) is 13.1 Å². The van der Waals surface area contributed by atoms with E-state index in [2.05, 4.69) is 10.3 Å². The molecule has 0 unspecified atom stereocenters. The highest BCUT2D eigenvalue weighted by Crippen LogP contribution is 1.94. The van der Waals surface area contributed by atoms with E-state index in [1.807, 2.05) is 25.3 Å². The van der Waals surface area contributed by atoms with Gasteiger partial charge in [0.25, 0.3) is 0 Å². The second-order valence-corrected chi connectivity index (χ2v) is 2.54. The summed E-state index contributed by atoms with van der Waals surface area (Å²) in [4.78, 5) is 6.22. The average Bonchev–Trinajstić information content (AvgIpc) is 1.60. The fraction of sp³-hybridized carbons (Fsp3) is 0.833. The van der Waals surface area contributed by atoms with Gasteiger partial charge in [-0.05, 0) is 0 Å². The zero-order valence-electron chi connectivity index (χ0n) is 5.96. The zero-order valence-corrected chi connectivity index (χ0v) is 5.96. The van der Waals surface area contributed by atoms with Crippen LogP contribution in [0.5, 0.6) is 0 Å². The van der Waals surface area contributed by atoms with Gasteiger partial charge in [-0.2, -0.15) is 0 Å². The molecule has 52 valence electrons. The van der Waals surface area contributed by atoms with Crippen molar-refractivity contribution >= 4 is 6.34 Å². The summed E-state index contributed by atoms with van der Waals surface area (Å²) in [5.41, 5.74) is 0. The highest BCUT2D eigenvalue weighted by molar-refractivity contribution is 5.54. The first-order valence-electron chi connectivity index (χ1n) is 3.19. The Morgan fingerprint density at radius 1 is 1.56 bits per heavy atom. The quantitative estimate of drug-likeness (QED) is 0.402. The Kier molecular flexibility index (Phi) is 2.05. The van der Waals surface area contributed by atoms with Crippen molar-refractivity contribution in [2.75, 3.05) is 27.2 Å². The van der Waals surface area contributed by atoms with E-state index in [1.165, 1.54) is 0 Å². The van der Waals surface area contributed by atoms with Crippen LogP contribution in [0.25, 0.3) is 0 Å². The van der Waals surface area contributed by atoms with Crippen LogP contribution < -0.4 is 5.32 Å². The molecule has 0 amide bonds. The number of rotatable bonds is 2. The first kappa shape index (κ1) is 6.55. The SMILES string of the molecule is CN(C)C=NC1CNC1. The topological polar surface area (TPSA) is 27.6 Å². The smallest absolute Gasteiger partial charge is 0.0849 e. The molecule has 1 fully saturated rings. The van der Waals surface area contributed by atoms with Crippen molar-refractivity contribution in [3.63, 3.8) is 0 Å². The Labute approximate surface area is 55.8 Å². The lowest BCUT2D eigenvalue weighted by Gasteiger charge is -2.23. The summed E-state index contributed by atoms with van der Waals surface area (Å²) in [5.74, 6) is 0. The monoisotopic (exact) mass is 127 g/mol. The van der Waals surface area contributed by atoms with E-state index < -0.39 is 0 Å². The van der Waals surface area contributed by atoms with Crippen molar-refractivity contribution in [1.82, 2.24) is 10.2 Å². The molecule has 0 saturated carbocycles. The van der Waals surface area contributed by atoms with E-state index >= 15 is 0 Å². The summed E-state index contributed by atoms with van der Waals surface area (Å²) in [6.45, 7) is 2.09. The number of hydrogen-bond donors (Lipinski definition) is 1. The number of nitrogens with zero attached hydrogens (tertiary/aromatic N) is 2. The van der Waals surface area contributed by atoms with Gasteiger partial charge in [0.2, 0.25) is 0 Å². The molecule has 0 radical (unpaired) electrons. The fourth-order valence-electron chi connectivity index (χ4n) is 0.606. The summed E-state index contributed by atoms with van der Waals surface area (Å²) in [6, 6.07) is 0.535. The van der Waals surface area contributed by atoms with Crippen LogP contribution in [0, 0.1) is 0 Å². The number of hydrogen-bond acceptors (Lipinski definition) is 2. The second kappa shape index (κ2) is 2.82. The highest BCUT2D eigenvalue weighted by Gasteiger charge is 2.13. The number of aliphatic imine (C=N–C) groups is 1. The lowest BCUT2D eigenvalue weighted by molar-refractivity contribution is 0.444. The molecule has 0 spiro atoms. The first-order chi connectivity index (χ1) is 4.29. The molecule has 1 aliphatic rings. The predicted molar refractivity (Wildman–Crippen MR) is 38.8 cm³/mol. The Morgan fingerprint density at radius 3 is 2.56 bits per heavy atom. The van der Waals surface area contributed by atoms with Crippen LogP contribution >= 0.6 is 0 Å². The summed E-state index contributed by atoms with van der Waals surface area (Å²) < 4.78 is 0. The summed E-state index contributed by atoms with van der Waals surface area (Å²) in [6.07, 6.45) is 1.87. The summed E-state index contributed by atoms with van der Waals surface area (Å²) in [7, 11) is 3.96. The van der Waals surface area contributed by atoms with E-state index in [4.69, 9.17) is 0 Å². The minimum Gasteiger partial charge on any atom is -0.369 e. The Morgan fingerprint density at radius 2 is 2.22 bits per heavy atom. The van der Waals surface area contributed by atoms with Crippen molar-refractivity contribution in [3.05, 3.63) is 0 Å². The van der Waals surface area contributed by atoms with Gasteiger partial charge in [0, 0.05) is 27.2 Å². The van der Waals surface area contributed by atoms with Crippen LogP contribution in [0.3, 0.4) is 0 Å². The van der Waals surface area contributed by atoms with Gasteiger partial charge in [0.1, 0.15) is 0 Å². The molecule has 0 bridgehead atoms. The molecular weight excluding hydrogens is 114 g/mol. The fourth-order valence-corrected chi connectivity index (χ4v) is 0.606. The highest BCUT2D eigenvalue weighted by atomic mass is 15.1. The van der Waals surface area contributed by atoms with Crippen LogP contribution in [-0.2, 0) is 0 Å². The molecular formula is C6H13N3. The molecule has 3 nitrogen and oxygen atoms in total. The van der Waals surface area contributed by atoms with Gasteiger partial charge < -0.3 is 10.2 Å². The lowest BCUT2D eigenvalue weighted by Crippen LogP contribution is -2.45. The minimum atomic E-state index is 0.535. The predicted octanol–water partition coefficient (Wildman–Crippen LogP) is -0.452. The minimum absolute atomic E-state index is 0.535. The van der Waals surface area contributed by atoms with Crippen molar-refractivity contribution < 1.29 is 0 Å². The van der Waals surface area contributed by atoms with Crippen LogP contribution in [0.15, 0.2) is 4.99 Å².